The van der Waals surface area contributed by atoms with Gasteiger partial charge in [-0.1, -0.05) is 0 Å². The summed E-state index contributed by atoms with van der Waals surface area (Å²) in [5, 5.41) is 3.48. The van der Waals surface area contributed by atoms with Crippen molar-refractivity contribution >= 4 is 11.2 Å². The van der Waals surface area contributed by atoms with E-state index in [1.54, 1.807) is 7.11 Å². The minimum absolute atomic E-state index is 0.417. The molecule has 0 bridgehead atoms. The number of rotatable bonds is 3. The van der Waals surface area contributed by atoms with Gasteiger partial charge in [-0.3, -0.25) is 4.57 Å². The first-order valence-electron chi connectivity index (χ1n) is 8.05. The highest BCUT2D eigenvalue weighted by Gasteiger charge is 2.23. The number of ether oxygens (including phenoxy) is 1. The largest absolute Gasteiger partial charge is 0.497 e. The summed E-state index contributed by atoms with van der Waals surface area (Å²) in [6.07, 6.45) is 4.17. The molecule has 1 unspecified atom stereocenters. The lowest BCUT2D eigenvalue weighted by Crippen LogP contribution is -2.29. The van der Waals surface area contributed by atoms with Crippen LogP contribution in [-0.2, 0) is 0 Å². The van der Waals surface area contributed by atoms with E-state index in [1.165, 1.54) is 6.42 Å². The summed E-state index contributed by atoms with van der Waals surface area (Å²) in [5.74, 6) is 2.36. The Hall–Kier alpha value is -2.40. The van der Waals surface area contributed by atoms with Crippen LogP contribution < -0.4 is 10.1 Å². The molecule has 3 aromatic rings. The first-order chi connectivity index (χ1) is 11.4. The van der Waals surface area contributed by atoms with E-state index in [4.69, 9.17) is 9.72 Å². The molecular weight excluding hydrogens is 288 g/mol. The fraction of sp³-hybridized carbons (Fsp3) is 0.333. The van der Waals surface area contributed by atoms with Gasteiger partial charge >= 0.3 is 0 Å². The van der Waals surface area contributed by atoms with Crippen LogP contribution >= 0.6 is 0 Å². The van der Waals surface area contributed by atoms with Crippen LogP contribution in [-0.4, -0.2) is 34.7 Å². The summed E-state index contributed by atoms with van der Waals surface area (Å²) in [7, 11) is 1.68. The van der Waals surface area contributed by atoms with Crippen LogP contribution in [0, 0.1) is 0 Å². The van der Waals surface area contributed by atoms with E-state index >= 15 is 0 Å². The van der Waals surface area contributed by atoms with Crippen molar-refractivity contribution in [2.45, 2.75) is 18.8 Å². The van der Waals surface area contributed by atoms with E-state index < -0.39 is 0 Å². The molecule has 3 heterocycles. The monoisotopic (exact) mass is 308 g/mol. The normalized spacial score (nSPS) is 18.2. The number of aromatic nitrogens is 3. The van der Waals surface area contributed by atoms with E-state index in [-0.39, 0.29) is 0 Å². The lowest BCUT2D eigenvalue weighted by atomic mass is 9.99. The molecule has 0 amide bonds. The van der Waals surface area contributed by atoms with E-state index in [0.717, 1.165) is 47.9 Å². The van der Waals surface area contributed by atoms with Crippen LogP contribution in [0.1, 0.15) is 24.6 Å². The molecule has 1 N–H and O–H groups in total. The van der Waals surface area contributed by atoms with Gasteiger partial charge in [0, 0.05) is 24.3 Å². The predicted molar refractivity (Wildman–Crippen MR) is 90.3 cm³/mol. The average molecular weight is 308 g/mol. The maximum atomic E-state index is 5.27. The maximum absolute atomic E-state index is 5.27. The predicted octanol–water partition coefficient (Wildman–Crippen LogP) is 2.90. The van der Waals surface area contributed by atoms with Gasteiger partial charge < -0.3 is 10.1 Å². The van der Waals surface area contributed by atoms with Crippen LogP contribution in [0.4, 0.5) is 0 Å². The third-order valence-corrected chi connectivity index (χ3v) is 4.43. The number of hydrogen-bond donors (Lipinski definition) is 1. The minimum atomic E-state index is 0.417. The first-order valence-corrected chi connectivity index (χ1v) is 8.05. The molecule has 118 valence electrons. The highest BCUT2D eigenvalue weighted by molar-refractivity contribution is 5.74. The maximum Gasteiger partial charge on any atom is 0.164 e. The van der Waals surface area contributed by atoms with Gasteiger partial charge in [0.05, 0.1) is 7.11 Å². The van der Waals surface area contributed by atoms with Crippen LogP contribution in [0.25, 0.3) is 16.9 Å². The Bertz CT molecular complexity index is 804. The SMILES string of the molecule is COc1ccc(-n2c(C3CCCNC3)nc3cccnc32)cc1. The van der Waals surface area contributed by atoms with Gasteiger partial charge in [-0.15, -0.1) is 0 Å². The quantitative estimate of drug-likeness (QED) is 0.808. The Morgan fingerprint density at radius 3 is 2.83 bits per heavy atom. The number of benzene rings is 1. The zero-order valence-electron chi connectivity index (χ0n) is 13.2. The van der Waals surface area contributed by atoms with Crippen molar-refractivity contribution < 1.29 is 4.74 Å². The number of pyridine rings is 1. The Morgan fingerprint density at radius 1 is 1.22 bits per heavy atom. The number of imidazole rings is 1. The number of nitrogens with one attached hydrogen (secondary N) is 1. The van der Waals surface area contributed by atoms with Crippen molar-refractivity contribution in [3.63, 3.8) is 0 Å². The molecule has 1 aliphatic heterocycles. The zero-order chi connectivity index (χ0) is 15.6. The molecule has 1 aromatic carbocycles. The third-order valence-electron chi connectivity index (χ3n) is 4.43. The van der Waals surface area contributed by atoms with Gasteiger partial charge in [0.15, 0.2) is 5.65 Å². The fourth-order valence-electron chi connectivity index (χ4n) is 3.26. The molecule has 5 heteroatoms. The average Bonchev–Trinajstić information content (AvgIpc) is 3.02. The Morgan fingerprint density at radius 2 is 2.09 bits per heavy atom. The Balaban J connectivity index is 1.87. The summed E-state index contributed by atoms with van der Waals surface area (Å²) < 4.78 is 7.46. The van der Waals surface area contributed by atoms with Gasteiger partial charge in [0.25, 0.3) is 0 Å². The van der Waals surface area contributed by atoms with Crippen molar-refractivity contribution in [3.8, 4) is 11.4 Å². The smallest absolute Gasteiger partial charge is 0.164 e. The summed E-state index contributed by atoms with van der Waals surface area (Å²) in [4.78, 5) is 9.45. The van der Waals surface area contributed by atoms with Crippen molar-refractivity contribution in [3.05, 3.63) is 48.4 Å². The molecular formula is C18H20N4O. The van der Waals surface area contributed by atoms with E-state index in [0.29, 0.717) is 5.92 Å². The number of fused-ring (bicyclic) bond motifs is 1. The van der Waals surface area contributed by atoms with Crippen LogP contribution in [0.5, 0.6) is 5.75 Å². The van der Waals surface area contributed by atoms with Crippen molar-refractivity contribution in [2.75, 3.05) is 20.2 Å². The van der Waals surface area contributed by atoms with Crippen LogP contribution in [0.2, 0.25) is 0 Å². The van der Waals surface area contributed by atoms with Crippen molar-refractivity contribution in [1.29, 1.82) is 0 Å². The first kappa shape index (κ1) is 14.2. The molecule has 4 rings (SSSR count). The number of methoxy groups -OCH3 is 1. The van der Waals surface area contributed by atoms with Gasteiger partial charge in [-0.25, -0.2) is 9.97 Å². The second-order valence-electron chi connectivity index (χ2n) is 5.89. The Kier molecular flexibility index (Phi) is 3.71. The van der Waals surface area contributed by atoms with Crippen molar-refractivity contribution in [1.82, 2.24) is 19.9 Å². The number of piperidine rings is 1. The molecule has 23 heavy (non-hydrogen) atoms. The molecule has 1 aliphatic rings. The lowest BCUT2D eigenvalue weighted by Gasteiger charge is -2.23. The van der Waals surface area contributed by atoms with Gasteiger partial charge in [-0.2, -0.15) is 0 Å². The van der Waals surface area contributed by atoms with E-state index in [2.05, 4.69) is 27.0 Å². The topological polar surface area (TPSA) is 52.0 Å². The zero-order valence-corrected chi connectivity index (χ0v) is 13.2. The Labute approximate surface area is 135 Å². The second kappa shape index (κ2) is 6.01. The van der Waals surface area contributed by atoms with Crippen LogP contribution in [0.3, 0.4) is 0 Å². The molecule has 1 atom stereocenters. The van der Waals surface area contributed by atoms with Gasteiger partial charge in [-0.05, 0) is 55.8 Å². The fourth-order valence-corrected chi connectivity index (χ4v) is 3.26. The molecule has 0 spiro atoms. The summed E-state index contributed by atoms with van der Waals surface area (Å²) in [5.41, 5.74) is 2.94. The number of hydrogen-bond acceptors (Lipinski definition) is 4. The molecule has 1 fully saturated rings. The molecule has 1 saturated heterocycles. The standard InChI is InChI=1S/C18H20N4O/c1-23-15-8-6-14(7-9-15)22-17(13-4-2-10-19-12-13)21-16-5-3-11-20-18(16)22/h3,5-9,11,13,19H,2,4,10,12H2,1H3. The molecule has 5 nitrogen and oxygen atoms in total. The second-order valence-corrected chi connectivity index (χ2v) is 5.89. The van der Waals surface area contributed by atoms with Crippen molar-refractivity contribution in [2.24, 2.45) is 0 Å². The van der Waals surface area contributed by atoms with E-state index in [9.17, 15) is 0 Å². The van der Waals surface area contributed by atoms with Gasteiger partial charge in [0.2, 0.25) is 0 Å². The summed E-state index contributed by atoms with van der Waals surface area (Å²) in [6, 6.07) is 12.1. The lowest BCUT2D eigenvalue weighted by molar-refractivity contribution is 0.414. The highest BCUT2D eigenvalue weighted by atomic mass is 16.5. The highest BCUT2D eigenvalue weighted by Crippen LogP contribution is 2.29. The summed E-state index contributed by atoms with van der Waals surface area (Å²) >= 11 is 0. The molecule has 0 aliphatic carbocycles. The molecule has 2 aromatic heterocycles. The third kappa shape index (κ3) is 2.57. The minimum Gasteiger partial charge on any atom is -0.497 e. The van der Waals surface area contributed by atoms with Gasteiger partial charge in [0.1, 0.15) is 17.1 Å². The van der Waals surface area contributed by atoms with E-state index in [1.807, 2.05) is 30.5 Å². The molecule has 0 radical (unpaired) electrons. The molecule has 0 saturated carbocycles. The summed E-state index contributed by atoms with van der Waals surface area (Å²) in [6.45, 7) is 2.07. The van der Waals surface area contributed by atoms with Crippen LogP contribution in [0.15, 0.2) is 42.6 Å². The number of nitrogens with zero attached hydrogens (tertiary/aromatic N) is 3.